The Morgan fingerprint density at radius 1 is 1.53 bits per heavy atom. The predicted octanol–water partition coefficient (Wildman–Crippen LogP) is 0.486. The highest BCUT2D eigenvalue weighted by Crippen LogP contribution is 2.20. The molecule has 1 aliphatic heterocycles. The van der Waals surface area contributed by atoms with E-state index >= 15 is 0 Å². The molecular weight excluding hydrogens is 244 g/mol. The number of carbonyl (C=O) groups is 2. The van der Waals surface area contributed by atoms with E-state index in [9.17, 15) is 9.59 Å². The van der Waals surface area contributed by atoms with Crippen LogP contribution >= 0.6 is 11.6 Å². The Bertz CT molecular complexity index is 471. The molecule has 3 N–H and O–H groups in total. The van der Waals surface area contributed by atoms with Crippen molar-refractivity contribution in [1.29, 1.82) is 0 Å². The van der Waals surface area contributed by atoms with Gasteiger partial charge in [-0.15, -0.1) is 0 Å². The van der Waals surface area contributed by atoms with E-state index in [2.05, 4.69) is 10.3 Å². The van der Waals surface area contributed by atoms with Gasteiger partial charge in [0.2, 0.25) is 5.91 Å². The molecule has 0 radical (unpaired) electrons. The number of hydrogen-bond donors (Lipinski definition) is 2. The summed E-state index contributed by atoms with van der Waals surface area (Å²) < 4.78 is 0. The van der Waals surface area contributed by atoms with E-state index in [1.54, 1.807) is 6.07 Å². The molecule has 1 aliphatic rings. The van der Waals surface area contributed by atoms with Crippen LogP contribution in [0, 0.1) is 0 Å². The highest BCUT2D eigenvalue weighted by molar-refractivity contribution is 6.29. The first-order valence-electron chi connectivity index (χ1n) is 4.97. The van der Waals surface area contributed by atoms with E-state index in [1.807, 2.05) is 0 Å². The van der Waals surface area contributed by atoms with Gasteiger partial charge < -0.3 is 11.1 Å². The molecule has 17 heavy (non-hydrogen) atoms. The monoisotopic (exact) mass is 254 g/mol. The molecule has 1 atom stereocenters. The number of hydrogen-bond acceptors (Lipinski definition) is 5. The molecule has 1 saturated heterocycles. The molecule has 0 bridgehead atoms. The highest BCUT2D eigenvalue weighted by Gasteiger charge is 2.36. The van der Waals surface area contributed by atoms with Crippen LogP contribution in [0.3, 0.4) is 0 Å². The summed E-state index contributed by atoms with van der Waals surface area (Å²) in [5.74, 6) is -0.116. The van der Waals surface area contributed by atoms with Crippen molar-refractivity contribution in [2.75, 3.05) is 18.1 Å². The summed E-state index contributed by atoms with van der Waals surface area (Å²) >= 11 is 5.74. The van der Waals surface area contributed by atoms with Gasteiger partial charge in [-0.25, -0.2) is 4.98 Å². The van der Waals surface area contributed by atoms with Crippen LogP contribution in [-0.4, -0.2) is 34.8 Å². The number of likely N-dealkylation sites (tertiary alicyclic amines) is 1. The Kier molecular flexibility index (Phi) is 2.89. The minimum absolute atomic E-state index is 0.115. The normalized spacial score (nSPS) is 19.9. The average Bonchev–Trinajstić information content (AvgIpc) is 2.45. The molecule has 1 fully saturated rings. The minimum atomic E-state index is -0.599. The smallest absolute Gasteiger partial charge is 0.251 e. The largest absolute Gasteiger partial charge is 0.399 e. The van der Waals surface area contributed by atoms with Crippen molar-refractivity contribution in [3.63, 3.8) is 0 Å². The zero-order chi connectivity index (χ0) is 12.6. The van der Waals surface area contributed by atoms with Crippen LogP contribution in [0.4, 0.5) is 11.5 Å². The quantitative estimate of drug-likeness (QED) is 0.592. The molecule has 1 aromatic heterocycles. The van der Waals surface area contributed by atoms with Crippen molar-refractivity contribution in [2.45, 2.75) is 12.5 Å². The maximum absolute atomic E-state index is 11.6. The molecule has 7 heteroatoms. The van der Waals surface area contributed by atoms with Crippen molar-refractivity contribution in [3.05, 3.63) is 17.3 Å². The van der Waals surface area contributed by atoms with E-state index in [-0.39, 0.29) is 23.4 Å². The number of nitrogens with zero attached hydrogens (tertiary/aromatic N) is 2. The van der Waals surface area contributed by atoms with E-state index in [0.717, 1.165) is 4.90 Å². The van der Waals surface area contributed by atoms with Crippen LogP contribution in [0.2, 0.25) is 5.15 Å². The number of nitrogens with one attached hydrogen (secondary N) is 1. The number of anilines is 2. The van der Waals surface area contributed by atoms with Crippen LogP contribution in [-0.2, 0) is 9.59 Å². The molecule has 1 unspecified atom stereocenters. The Morgan fingerprint density at radius 2 is 2.24 bits per heavy atom. The van der Waals surface area contributed by atoms with Gasteiger partial charge in [-0.05, 0) is 6.07 Å². The first-order chi connectivity index (χ1) is 7.97. The van der Waals surface area contributed by atoms with Crippen molar-refractivity contribution < 1.29 is 9.59 Å². The van der Waals surface area contributed by atoms with Gasteiger partial charge in [0, 0.05) is 18.8 Å². The zero-order valence-corrected chi connectivity index (χ0v) is 9.86. The molecule has 2 rings (SSSR count). The summed E-state index contributed by atoms with van der Waals surface area (Å²) in [4.78, 5) is 28.0. The summed E-state index contributed by atoms with van der Waals surface area (Å²) in [5, 5.41) is 3.08. The maximum Gasteiger partial charge on any atom is 0.251 e. The van der Waals surface area contributed by atoms with Gasteiger partial charge in [0.15, 0.2) is 0 Å². The fraction of sp³-hybridized carbons (Fsp3) is 0.300. The summed E-state index contributed by atoms with van der Waals surface area (Å²) in [7, 11) is 1.45. The number of nitrogens with two attached hydrogens (primary N) is 1. The van der Waals surface area contributed by atoms with E-state index in [0.29, 0.717) is 11.5 Å². The standard InChI is InChI=1S/C10H11ClN4O2/c1-15-9(16)4-6(10(15)17)13-8-3-5(12)2-7(11)14-8/h2-3,6H,4H2,1H3,(H3,12,13,14). The second-order valence-electron chi connectivity index (χ2n) is 3.80. The molecule has 0 aliphatic carbocycles. The number of pyridine rings is 1. The van der Waals surface area contributed by atoms with Crippen LogP contribution in [0.5, 0.6) is 0 Å². The molecule has 1 aromatic rings. The van der Waals surface area contributed by atoms with Crippen molar-refractivity contribution >= 4 is 34.9 Å². The summed E-state index contributed by atoms with van der Waals surface area (Å²) in [6.07, 6.45) is 0.115. The first kappa shape index (κ1) is 11.7. The minimum Gasteiger partial charge on any atom is -0.399 e. The molecule has 0 saturated carbocycles. The van der Waals surface area contributed by atoms with Crippen LogP contribution in [0.25, 0.3) is 0 Å². The number of amides is 2. The van der Waals surface area contributed by atoms with E-state index < -0.39 is 6.04 Å². The summed E-state index contributed by atoms with van der Waals surface area (Å²) in [6.45, 7) is 0. The second kappa shape index (κ2) is 4.21. The first-order valence-corrected chi connectivity index (χ1v) is 5.35. The van der Waals surface area contributed by atoms with Gasteiger partial charge in [-0.3, -0.25) is 14.5 Å². The topological polar surface area (TPSA) is 88.3 Å². The lowest BCUT2D eigenvalue weighted by Gasteiger charge is -2.12. The molecule has 90 valence electrons. The van der Waals surface area contributed by atoms with Gasteiger partial charge in [0.1, 0.15) is 17.0 Å². The Hall–Kier alpha value is -1.82. The Morgan fingerprint density at radius 3 is 2.76 bits per heavy atom. The lowest BCUT2D eigenvalue weighted by atomic mass is 10.2. The van der Waals surface area contributed by atoms with Crippen molar-refractivity contribution in [2.24, 2.45) is 0 Å². The molecule has 2 heterocycles. The number of aromatic nitrogens is 1. The average molecular weight is 255 g/mol. The van der Waals surface area contributed by atoms with Crippen LogP contribution in [0.1, 0.15) is 6.42 Å². The number of carbonyl (C=O) groups excluding carboxylic acids is 2. The predicted molar refractivity (Wildman–Crippen MR) is 63.5 cm³/mol. The highest BCUT2D eigenvalue weighted by atomic mass is 35.5. The van der Waals surface area contributed by atoms with Gasteiger partial charge >= 0.3 is 0 Å². The summed E-state index contributed by atoms with van der Waals surface area (Å²) in [6, 6.07) is 2.46. The fourth-order valence-corrected chi connectivity index (χ4v) is 1.85. The Balaban J connectivity index is 2.16. The number of halogens is 1. The number of rotatable bonds is 2. The van der Waals surface area contributed by atoms with Gasteiger partial charge in [-0.2, -0.15) is 0 Å². The third-order valence-electron chi connectivity index (χ3n) is 2.52. The number of nitrogen functional groups attached to an aromatic ring is 1. The number of imide groups is 1. The molecule has 6 nitrogen and oxygen atoms in total. The van der Waals surface area contributed by atoms with E-state index in [1.165, 1.54) is 13.1 Å². The van der Waals surface area contributed by atoms with Gasteiger partial charge in [0.25, 0.3) is 5.91 Å². The van der Waals surface area contributed by atoms with Gasteiger partial charge in [0.05, 0.1) is 6.42 Å². The van der Waals surface area contributed by atoms with Gasteiger partial charge in [-0.1, -0.05) is 11.6 Å². The summed E-state index contributed by atoms with van der Waals surface area (Å²) in [5.41, 5.74) is 6.04. The zero-order valence-electron chi connectivity index (χ0n) is 9.11. The van der Waals surface area contributed by atoms with Crippen molar-refractivity contribution in [1.82, 2.24) is 9.88 Å². The lowest BCUT2D eigenvalue weighted by Crippen LogP contribution is -2.32. The molecule has 2 amide bonds. The van der Waals surface area contributed by atoms with Crippen molar-refractivity contribution in [3.8, 4) is 0 Å². The maximum atomic E-state index is 11.6. The molecular formula is C10H11ClN4O2. The van der Waals surface area contributed by atoms with E-state index in [4.69, 9.17) is 17.3 Å². The Labute approximate surface area is 103 Å². The second-order valence-corrected chi connectivity index (χ2v) is 4.19. The molecule has 0 spiro atoms. The van der Waals surface area contributed by atoms with Crippen LogP contribution < -0.4 is 11.1 Å². The molecule has 0 aromatic carbocycles. The number of likely N-dealkylation sites (N-methyl/N-ethyl adjacent to an activating group) is 1. The lowest BCUT2D eigenvalue weighted by molar-refractivity contribution is -0.136. The third-order valence-corrected chi connectivity index (χ3v) is 2.71. The SMILES string of the molecule is CN1C(=O)CC(Nc2cc(N)cc(Cl)n2)C1=O. The fourth-order valence-electron chi connectivity index (χ4n) is 1.64. The van der Waals surface area contributed by atoms with Crippen LogP contribution in [0.15, 0.2) is 12.1 Å². The third kappa shape index (κ3) is 2.31.